The van der Waals surface area contributed by atoms with Crippen molar-refractivity contribution in [1.82, 2.24) is 9.21 Å². The molecular weight excluding hydrogens is 522 g/mol. The first-order valence-electron chi connectivity index (χ1n) is 11.6. The minimum Gasteiger partial charge on any atom is -0.497 e. The van der Waals surface area contributed by atoms with Crippen LogP contribution in [-0.2, 0) is 20.0 Å². The van der Waals surface area contributed by atoms with Gasteiger partial charge in [0.25, 0.3) is 5.91 Å². The van der Waals surface area contributed by atoms with Gasteiger partial charge >= 0.3 is 0 Å². The van der Waals surface area contributed by atoms with Crippen molar-refractivity contribution in [2.24, 2.45) is 5.92 Å². The Morgan fingerprint density at radius 3 is 2.41 bits per heavy atom. The number of aliphatic hydroxyl groups excluding tert-OH is 1. The lowest BCUT2D eigenvalue weighted by Gasteiger charge is -2.38. The van der Waals surface area contributed by atoms with Gasteiger partial charge in [0.05, 0.1) is 43.0 Å². The molecule has 1 amide bonds. The fourth-order valence-corrected chi connectivity index (χ4v) is 5.74. The average Bonchev–Trinajstić information content (AvgIpc) is 2.85. The number of ether oxygens (including phenoxy) is 2. The Hall–Kier alpha value is -2.87. The number of methoxy groups -OCH3 is 1. The van der Waals surface area contributed by atoms with Gasteiger partial charge in [-0.2, -0.15) is 4.31 Å². The van der Waals surface area contributed by atoms with Crippen LogP contribution >= 0.6 is 0 Å². The zero-order chi connectivity index (χ0) is 27.5. The third-order valence-corrected chi connectivity index (χ3v) is 8.62. The van der Waals surface area contributed by atoms with Crippen molar-refractivity contribution in [3.8, 4) is 11.5 Å². The number of hydrogen-bond acceptors (Lipinski definition) is 8. The fourth-order valence-electron chi connectivity index (χ4n) is 4.00. The Kier molecular flexibility index (Phi) is 8.73. The van der Waals surface area contributed by atoms with Gasteiger partial charge in [-0.15, -0.1) is 0 Å². The predicted molar refractivity (Wildman–Crippen MR) is 139 cm³/mol. The molecular formula is C24H33N3O8S2. The molecule has 0 aromatic heterocycles. The van der Waals surface area contributed by atoms with E-state index in [4.69, 9.17) is 9.47 Å². The van der Waals surface area contributed by atoms with E-state index < -0.39 is 38.1 Å². The van der Waals surface area contributed by atoms with Crippen LogP contribution in [0.25, 0.3) is 0 Å². The number of carbonyl (C=O) groups is 1. The second kappa shape index (κ2) is 11.3. The van der Waals surface area contributed by atoms with Crippen LogP contribution in [0, 0.1) is 5.92 Å². The Labute approximate surface area is 218 Å². The summed E-state index contributed by atoms with van der Waals surface area (Å²) >= 11 is 0. The zero-order valence-electron chi connectivity index (χ0n) is 21.4. The minimum absolute atomic E-state index is 0.0200. The van der Waals surface area contributed by atoms with Crippen LogP contribution in [0.5, 0.6) is 11.5 Å². The fraction of sp³-hybridized carbons (Fsp3) is 0.458. The molecule has 0 bridgehead atoms. The maximum Gasteiger partial charge on any atom is 0.258 e. The van der Waals surface area contributed by atoms with E-state index in [2.05, 4.69) is 4.72 Å². The molecule has 204 valence electrons. The number of aliphatic hydroxyl groups is 1. The van der Waals surface area contributed by atoms with Crippen molar-refractivity contribution in [3.63, 3.8) is 0 Å². The Morgan fingerprint density at radius 1 is 1.19 bits per heavy atom. The molecule has 0 radical (unpaired) electrons. The van der Waals surface area contributed by atoms with Crippen molar-refractivity contribution in [1.29, 1.82) is 0 Å². The molecule has 1 aliphatic heterocycles. The van der Waals surface area contributed by atoms with Crippen LogP contribution in [0.2, 0.25) is 0 Å². The number of rotatable bonds is 9. The molecule has 3 rings (SSSR count). The summed E-state index contributed by atoms with van der Waals surface area (Å²) in [5, 5.41) is 9.78. The van der Waals surface area contributed by atoms with Gasteiger partial charge in [0.1, 0.15) is 17.6 Å². The lowest BCUT2D eigenvalue weighted by atomic mass is 9.99. The summed E-state index contributed by atoms with van der Waals surface area (Å²) < 4.78 is 64.7. The number of likely N-dealkylation sites (N-methyl/N-ethyl adjacent to an activating group) is 1. The molecule has 3 atom stereocenters. The number of carbonyl (C=O) groups excluding carboxylic acids is 1. The van der Waals surface area contributed by atoms with E-state index >= 15 is 0 Å². The molecule has 11 nitrogen and oxygen atoms in total. The SMILES string of the molecule is COc1ccc(S(=O)(=O)N(C)C[C@H]2Oc3ccc(NS(C)(=O)=O)cc3C(=O)N([C@H](C)CO)C[C@@H]2C)cc1. The largest absolute Gasteiger partial charge is 0.497 e. The van der Waals surface area contributed by atoms with Gasteiger partial charge in [0, 0.05) is 25.2 Å². The normalized spacial score (nSPS) is 19.4. The van der Waals surface area contributed by atoms with Crippen molar-refractivity contribution in [2.75, 3.05) is 44.8 Å². The molecule has 2 aromatic carbocycles. The van der Waals surface area contributed by atoms with Crippen molar-refractivity contribution < 1.29 is 36.2 Å². The molecule has 37 heavy (non-hydrogen) atoms. The topological polar surface area (TPSA) is 143 Å². The Morgan fingerprint density at radius 2 is 1.84 bits per heavy atom. The molecule has 0 aliphatic carbocycles. The molecule has 2 aromatic rings. The van der Waals surface area contributed by atoms with Crippen LogP contribution in [0.15, 0.2) is 47.4 Å². The van der Waals surface area contributed by atoms with Gasteiger partial charge in [-0.3, -0.25) is 9.52 Å². The third kappa shape index (κ3) is 6.72. The average molecular weight is 556 g/mol. The van der Waals surface area contributed by atoms with Gasteiger partial charge in [-0.05, 0) is 49.4 Å². The number of hydrogen-bond donors (Lipinski definition) is 2. The van der Waals surface area contributed by atoms with E-state index in [1.54, 1.807) is 19.1 Å². The number of anilines is 1. The number of amides is 1. The van der Waals surface area contributed by atoms with Crippen LogP contribution < -0.4 is 14.2 Å². The van der Waals surface area contributed by atoms with Crippen LogP contribution in [0.1, 0.15) is 24.2 Å². The van der Waals surface area contributed by atoms with Gasteiger partial charge < -0.3 is 19.5 Å². The number of fused-ring (bicyclic) bond motifs is 1. The van der Waals surface area contributed by atoms with Crippen molar-refractivity contribution >= 4 is 31.6 Å². The molecule has 0 fully saturated rings. The van der Waals surface area contributed by atoms with Gasteiger partial charge in [0.15, 0.2) is 0 Å². The number of sulfonamides is 2. The Balaban J connectivity index is 1.97. The number of nitrogens with one attached hydrogen (secondary N) is 1. The lowest BCUT2D eigenvalue weighted by Crippen LogP contribution is -2.50. The van der Waals surface area contributed by atoms with E-state index in [0.717, 1.165) is 6.26 Å². The highest BCUT2D eigenvalue weighted by atomic mass is 32.2. The van der Waals surface area contributed by atoms with E-state index in [-0.39, 0.29) is 47.5 Å². The molecule has 0 spiro atoms. The number of benzene rings is 2. The summed E-state index contributed by atoms with van der Waals surface area (Å²) in [6.07, 6.45) is 0.339. The van der Waals surface area contributed by atoms with Gasteiger partial charge in [-0.25, -0.2) is 16.8 Å². The second-order valence-electron chi connectivity index (χ2n) is 9.17. The monoisotopic (exact) mass is 555 g/mol. The van der Waals surface area contributed by atoms with Crippen molar-refractivity contribution in [3.05, 3.63) is 48.0 Å². The summed E-state index contributed by atoms with van der Waals surface area (Å²) in [5.41, 5.74) is 0.283. The van der Waals surface area contributed by atoms with Crippen LogP contribution in [-0.4, -0.2) is 89.3 Å². The van der Waals surface area contributed by atoms with Gasteiger partial charge in [-0.1, -0.05) is 6.92 Å². The summed E-state index contributed by atoms with van der Waals surface area (Å²) in [5.74, 6) is -0.0275. The molecule has 1 aliphatic rings. The standard InChI is InChI=1S/C24H33N3O8S2/c1-16-13-27(17(2)15-28)24(29)21-12-18(25-36(5,30)31)6-11-22(21)35-23(16)14-26(3)37(32,33)20-9-7-19(34-4)8-10-20/h6-12,16-17,23,25,28H,13-15H2,1-5H3/t16-,17+,23+/m0/s1. The summed E-state index contributed by atoms with van der Waals surface area (Å²) in [6, 6.07) is 9.83. The first-order chi connectivity index (χ1) is 17.3. The molecule has 1 heterocycles. The smallest absolute Gasteiger partial charge is 0.258 e. The predicted octanol–water partition coefficient (Wildman–Crippen LogP) is 1.61. The molecule has 0 saturated carbocycles. The quantitative estimate of drug-likeness (QED) is 0.475. The van der Waals surface area contributed by atoms with Gasteiger partial charge in [0.2, 0.25) is 20.0 Å². The third-order valence-electron chi connectivity index (χ3n) is 6.17. The maximum atomic E-state index is 13.4. The number of nitrogens with zero attached hydrogens (tertiary/aromatic N) is 2. The maximum absolute atomic E-state index is 13.4. The summed E-state index contributed by atoms with van der Waals surface area (Å²) in [4.78, 5) is 15.0. The van der Waals surface area contributed by atoms with E-state index in [9.17, 15) is 26.7 Å². The van der Waals surface area contributed by atoms with E-state index in [0.29, 0.717) is 5.75 Å². The highest BCUT2D eigenvalue weighted by molar-refractivity contribution is 7.92. The molecule has 2 N–H and O–H groups in total. The first kappa shape index (κ1) is 28.7. The summed E-state index contributed by atoms with van der Waals surface area (Å²) in [6.45, 7) is 3.42. The van der Waals surface area contributed by atoms with Crippen molar-refractivity contribution in [2.45, 2.75) is 30.9 Å². The van der Waals surface area contributed by atoms with E-state index in [1.165, 1.54) is 53.7 Å². The highest BCUT2D eigenvalue weighted by Crippen LogP contribution is 2.31. The Bertz CT molecular complexity index is 1330. The molecule has 0 saturated heterocycles. The van der Waals surface area contributed by atoms with Crippen LogP contribution in [0.4, 0.5) is 5.69 Å². The first-order valence-corrected chi connectivity index (χ1v) is 14.9. The lowest BCUT2D eigenvalue weighted by molar-refractivity contribution is 0.0387. The second-order valence-corrected chi connectivity index (χ2v) is 13.0. The molecule has 13 heteroatoms. The van der Waals surface area contributed by atoms with Crippen LogP contribution in [0.3, 0.4) is 0 Å². The zero-order valence-corrected chi connectivity index (χ0v) is 23.0. The minimum atomic E-state index is -3.86. The molecule has 0 unspecified atom stereocenters. The summed E-state index contributed by atoms with van der Waals surface area (Å²) in [7, 11) is -4.50. The highest BCUT2D eigenvalue weighted by Gasteiger charge is 2.35. The van der Waals surface area contributed by atoms with E-state index in [1.807, 2.05) is 6.92 Å².